The molecule has 0 saturated carbocycles. The Balaban J connectivity index is 2.42. The summed E-state index contributed by atoms with van der Waals surface area (Å²) in [4.78, 5) is 15.1. The number of aromatic nitrogens is 3. The van der Waals surface area contributed by atoms with Gasteiger partial charge < -0.3 is 9.84 Å². The maximum absolute atomic E-state index is 11.2. The minimum absolute atomic E-state index is 0.0451. The average Bonchev–Trinajstić information content (AvgIpc) is 2.87. The predicted octanol–water partition coefficient (Wildman–Crippen LogP) is 1.20. The summed E-state index contributed by atoms with van der Waals surface area (Å²) < 4.78 is 5.90. The molecule has 1 heterocycles. The smallest absolute Gasteiger partial charge is 0.377 e. The van der Waals surface area contributed by atoms with Crippen molar-refractivity contribution in [3.63, 3.8) is 0 Å². The number of halogens is 1. The number of hydrogen-bond acceptors (Lipinski definition) is 5. The molecule has 0 aliphatic rings. The van der Waals surface area contributed by atoms with Crippen LogP contribution in [0.2, 0.25) is 5.02 Å². The minimum atomic E-state index is -0.617. The van der Waals surface area contributed by atoms with E-state index in [0.717, 1.165) is 0 Å². The fourth-order valence-corrected chi connectivity index (χ4v) is 1.66. The molecule has 0 amide bonds. The van der Waals surface area contributed by atoms with E-state index in [1.807, 2.05) is 0 Å². The molecule has 2 aromatic rings. The molecule has 0 bridgehead atoms. The quantitative estimate of drug-likeness (QED) is 0.846. The lowest BCUT2D eigenvalue weighted by Crippen LogP contribution is -2.06. The van der Waals surface area contributed by atoms with Crippen LogP contribution in [-0.4, -0.2) is 33.0 Å². The van der Waals surface area contributed by atoms with Gasteiger partial charge in [0.05, 0.1) is 19.4 Å². The molecule has 0 spiro atoms. The molecule has 0 fully saturated rings. The Morgan fingerprint density at radius 1 is 1.56 bits per heavy atom. The van der Waals surface area contributed by atoms with Gasteiger partial charge in [0.1, 0.15) is 6.33 Å². The lowest BCUT2D eigenvalue weighted by atomic mass is 10.2. The van der Waals surface area contributed by atoms with Gasteiger partial charge in [0.15, 0.2) is 0 Å². The number of benzene rings is 1. The van der Waals surface area contributed by atoms with Crippen LogP contribution in [0.25, 0.3) is 5.69 Å². The van der Waals surface area contributed by atoms with E-state index in [1.165, 1.54) is 18.1 Å². The molecule has 0 aliphatic carbocycles. The third-order valence-corrected chi connectivity index (χ3v) is 2.55. The molecular weight excluding hydrogens is 258 g/mol. The largest absolute Gasteiger partial charge is 0.463 e. The number of aliphatic hydroxyl groups excluding tert-OH is 1. The fraction of sp³-hybridized carbons (Fsp3) is 0.182. The first kappa shape index (κ1) is 12.5. The second-order valence-electron chi connectivity index (χ2n) is 3.44. The lowest BCUT2D eigenvalue weighted by Gasteiger charge is -2.06. The number of ether oxygens (including phenoxy) is 1. The number of esters is 1. The van der Waals surface area contributed by atoms with Crippen molar-refractivity contribution in [2.75, 3.05) is 7.11 Å². The van der Waals surface area contributed by atoms with E-state index in [4.69, 9.17) is 11.6 Å². The SMILES string of the molecule is COC(=O)c1ncn(-c2ccc(Cl)cc2CO)n1. The Labute approximate surface area is 108 Å². The number of aliphatic hydroxyl groups is 1. The second kappa shape index (κ2) is 5.16. The van der Waals surface area contributed by atoms with Gasteiger partial charge in [-0.3, -0.25) is 0 Å². The van der Waals surface area contributed by atoms with Crippen molar-refractivity contribution in [2.45, 2.75) is 6.61 Å². The van der Waals surface area contributed by atoms with Crippen molar-refractivity contribution in [2.24, 2.45) is 0 Å². The number of hydrogen-bond donors (Lipinski definition) is 1. The van der Waals surface area contributed by atoms with Crippen LogP contribution < -0.4 is 0 Å². The normalized spacial score (nSPS) is 10.4. The molecule has 0 aliphatic heterocycles. The zero-order chi connectivity index (χ0) is 13.1. The molecule has 0 atom stereocenters. The molecular formula is C11H10ClN3O3. The van der Waals surface area contributed by atoms with Crippen molar-refractivity contribution >= 4 is 17.6 Å². The van der Waals surface area contributed by atoms with Gasteiger partial charge in [0.25, 0.3) is 5.82 Å². The Morgan fingerprint density at radius 2 is 2.33 bits per heavy atom. The van der Waals surface area contributed by atoms with E-state index in [-0.39, 0.29) is 12.4 Å². The van der Waals surface area contributed by atoms with Crippen LogP contribution in [0.3, 0.4) is 0 Å². The fourth-order valence-electron chi connectivity index (χ4n) is 1.47. The Bertz CT molecular complexity index is 583. The standard InChI is InChI=1S/C11H10ClN3O3/c1-18-11(17)10-13-6-15(14-10)9-3-2-8(12)4-7(9)5-16/h2-4,6,16H,5H2,1H3. The van der Waals surface area contributed by atoms with E-state index in [2.05, 4.69) is 14.8 Å². The average molecular weight is 268 g/mol. The summed E-state index contributed by atoms with van der Waals surface area (Å²) in [7, 11) is 1.25. The second-order valence-corrected chi connectivity index (χ2v) is 3.87. The van der Waals surface area contributed by atoms with Crippen LogP contribution in [0.1, 0.15) is 16.2 Å². The van der Waals surface area contributed by atoms with E-state index in [1.54, 1.807) is 18.2 Å². The van der Waals surface area contributed by atoms with Crippen LogP contribution in [0, 0.1) is 0 Å². The first-order valence-electron chi connectivity index (χ1n) is 5.05. The van der Waals surface area contributed by atoms with Gasteiger partial charge in [-0.2, -0.15) is 0 Å². The molecule has 0 radical (unpaired) electrons. The van der Waals surface area contributed by atoms with E-state index in [0.29, 0.717) is 16.3 Å². The number of rotatable bonds is 3. The summed E-state index contributed by atoms with van der Waals surface area (Å²) in [5, 5.41) is 13.7. The summed E-state index contributed by atoms with van der Waals surface area (Å²) >= 11 is 5.83. The van der Waals surface area contributed by atoms with Crippen LogP contribution in [0.15, 0.2) is 24.5 Å². The highest BCUT2D eigenvalue weighted by Crippen LogP contribution is 2.19. The van der Waals surface area contributed by atoms with Crippen LogP contribution in [-0.2, 0) is 11.3 Å². The zero-order valence-corrected chi connectivity index (χ0v) is 10.3. The highest BCUT2D eigenvalue weighted by atomic mass is 35.5. The third-order valence-electron chi connectivity index (χ3n) is 2.32. The predicted molar refractivity (Wildman–Crippen MR) is 63.6 cm³/mol. The molecule has 94 valence electrons. The highest BCUT2D eigenvalue weighted by Gasteiger charge is 2.13. The summed E-state index contributed by atoms with van der Waals surface area (Å²) in [6, 6.07) is 4.97. The molecule has 6 nitrogen and oxygen atoms in total. The monoisotopic (exact) mass is 267 g/mol. The van der Waals surface area contributed by atoms with Crippen LogP contribution in [0.4, 0.5) is 0 Å². The van der Waals surface area contributed by atoms with Crippen molar-refractivity contribution < 1.29 is 14.6 Å². The first-order valence-corrected chi connectivity index (χ1v) is 5.43. The number of carbonyl (C=O) groups is 1. The summed E-state index contributed by atoms with van der Waals surface area (Å²) in [6.45, 7) is -0.191. The topological polar surface area (TPSA) is 77.2 Å². The summed E-state index contributed by atoms with van der Waals surface area (Å²) in [6.07, 6.45) is 1.37. The van der Waals surface area contributed by atoms with Gasteiger partial charge in [-0.05, 0) is 18.2 Å². The Hall–Kier alpha value is -1.92. The molecule has 18 heavy (non-hydrogen) atoms. The van der Waals surface area contributed by atoms with Gasteiger partial charge in [-0.1, -0.05) is 11.6 Å². The van der Waals surface area contributed by atoms with Gasteiger partial charge in [-0.15, -0.1) is 5.10 Å². The molecule has 0 saturated heterocycles. The third kappa shape index (κ3) is 2.34. The number of methoxy groups -OCH3 is 1. The zero-order valence-electron chi connectivity index (χ0n) is 9.50. The van der Waals surface area contributed by atoms with Gasteiger partial charge in [-0.25, -0.2) is 14.5 Å². The number of carbonyl (C=O) groups excluding carboxylic acids is 1. The molecule has 1 aromatic carbocycles. The molecule has 2 rings (SSSR count). The summed E-state index contributed by atoms with van der Waals surface area (Å²) in [5.74, 6) is -0.662. The maximum Gasteiger partial charge on any atom is 0.377 e. The lowest BCUT2D eigenvalue weighted by molar-refractivity contribution is 0.0587. The molecule has 7 heteroatoms. The van der Waals surface area contributed by atoms with E-state index >= 15 is 0 Å². The van der Waals surface area contributed by atoms with Crippen molar-refractivity contribution in [1.82, 2.24) is 14.8 Å². The van der Waals surface area contributed by atoms with Gasteiger partial charge >= 0.3 is 5.97 Å². The van der Waals surface area contributed by atoms with Gasteiger partial charge in [0, 0.05) is 10.6 Å². The van der Waals surface area contributed by atoms with Gasteiger partial charge in [0.2, 0.25) is 0 Å². The maximum atomic E-state index is 11.2. The highest BCUT2D eigenvalue weighted by molar-refractivity contribution is 6.30. The number of nitrogens with zero attached hydrogens (tertiary/aromatic N) is 3. The van der Waals surface area contributed by atoms with Crippen molar-refractivity contribution in [1.29, 1.82) is 0 Å². The van der Waals surface area contributed by atoms with Crippen LogP contribution in [0.5, 0.6) is 0 Å². The Morgan fingerprint density at radius 3 is 3.00 bits per heavy atom. The summed E-state index contributed by atoms with van der Waals surface area (Å²) in [5.41, 5.74) is 1.19. The first-order chi connectivity index (χ1) is 8.65. The molecule has 1 aromatic heterocycles. The van der Waals surface area contributed by atoms with Crippen molar-refractivity contribution in [3.05, 3.63) is 40.9 Å². The molecule has 1 N–H and O–H groups in total. The Kier molecular flexibility index (Phi) is 3.59. The molecule has 0 unspecified atom stereocenters. The van der Waals surface area contributed by atoms with E-state index in [9.17, 15) is 9.90 Å². The van der Waals surface area contributed by atoms with Crippen molar-refractivity contribution in [3.8, 4) is 5.69 Å². The minimum Gasteiger partial charge on any atom is -0.463 e. The van der Waals surface area contributed by atoms with E-state index < -0.39 is 5.97 Å². The van der Waals surface area contributed by atoms with Crippen LogP contribution >= 0.6 is 11.6 Å².